The van der Waals surface area contributed by atoms with Crippen LogP contribution in [0.1, 0.15) is 34.9 Å². The predicted molar refractivity (Wildman–Crippen MR) is 81.1 cm³/mol. The van der Waals surface area contributed by atoms with E-state index in [4.69, 9.17) is 18.5 Å². The lowest BCUT2D eigenvalue weighted by Crippen LogP contribution is -2.19. The Bertz CT molecular complexity index is 857. The summed E-state index contributed by atoms with van der Waals surface area (Å²) in [6.07, 6.45) is 1.16. The lowest BCUT2D eigenvalue weighted by atomic mass is 9.96. The molecule has 0 amide bonds. The number of methoxy groups -OCH3 is 1. The van der Waals surface area contributed by atoms with Crippen LogP contribution in [0.15, 0.2) is 27.2 Å². The summed E-state index contributed by atoms with van der Waals surface area (Å²) in [7, 11) is 1.64. The zero-order valence-corrected chi connectivity index (χ0v) is 13.4. The topological polar surface area (TPSA) is 96.3 Å². The minimum atomic E-state index is 0.0270. The number of hydrogen-bond donors (Lipinski definition) is 0. The summed E-state index contributed by atoms with van der Waals surface area (Å²) in [4.78, 5) is 8.58. The molecule has 0 radical (unpaired) electrons. The fourth-order valence-corrected chi connectivity index (χ4v) is 2.70. The summed E-state index contributed by atoms with van der Waals surface area (Å²) >= 11 is 0. The van der Waals surface area contributed by atoms with Crippen LogP contribution in [0, 0.1) is 6.92 Å². The molecule has 1 aliphatic heterocycles. The van der Waals surface area contributed by atoms with Gasteiger partial charge >= 0.3 is 0 Å². The quantitative estimate of drug-likeness (QED) is 0.718. The van der Waals surface area contributed by atoms with Crippen molar-refractivity contribution < 1.29 is 18.5 Å². The SMILES string of the molecule is COc1ccc2c(c1)OCC(c1nc(Cc3noc(C)n3)no1)C2. The van der Waals surface area contributed by atoms with Crippen LogP contribution in [0.5, 0.6) is 11.5 Å². The molecule has 4 rings (SSSR count). The number of benzene rings is 1. The molecule has 3 heterocycles. The largest absolute Gasteiger partial charge is 0.497 e. The maximum absolute atomic E-state index is 5.82. The van der Waals surface area contributed by atoms with Gasteiger partial charge in [-0.25, -0.2) is 0 Å². The van der Waals surface area contributed by atoms with Crippen LogP contribution in [-0.2, 0) is 12.8 Å². The summed E-state index contributed by atoms with van der Waals surface area (Å²) in [5.41, 5.74) is 1.10. The summed E-state index contributed by atoms with van der Waals surface area (Å²) < 4.78 is 21.4. The second-order valence-corrected chi connectivity index (χ2v) is 5.64. The highest BCUT2D eigenvalue weighted by Gasteiger charge is 2.26. The normalized spacial score (nSPS) is 16.5. The van der Waals surface area contributed by atoms with E-state index in [9.17, 15) is 0 Å². The second kappa shape index (κ2) is 5.95. The molecule has 1 aromatic carbocycles. The third-order valence-corrected chi connectivity index (χ3v) is 3.90. The van der Waals surface area contributed by atoms with E-state index in [0.29, 0.717) is 36.5 Å². The Balaban J connectivity index is 1.48. The number of fused-ring (bicyclic) bond motifs is 1. The van der Waals surface area contributed by atoms with Crippen LogP contribution in [0.4, 0.5) is 0 Å². The highest BCUT2D eigenvalue weighted by atomic mass is 16.5. The van der Waals surface area contributed by atoms with Crippen molar-refractivity contribution in [1.82, 2.24) is 20.3 Å². The molecule has 1 unspecified atom stereocenters. The molecule has 3 aromatic rings. The highest BCUT2D eigenvalue weighted by molar-refractivity contribution is 5.42. The first-order valence-electron chi connectivity index (χ1n) is 7.62. The summed E-state index contributed by atoms with van der Waals surface area (Å²) in [6.45, 7) is 2.23. The van der Waals surface area contributed by atoms with Gasteiger partial charge in [-0.05, 0) is 18.1 Å². The minimum absolute atomic E-state index is 0.0270. The van der Waals surface area contributed by atoms with Gasteiger partial charge in [0, 0.05) is 13.0 Å². The number of ether oxygens (including phenoxy) is 2. The Morgan fingerprint density at radius 3 is 2.79 bits per heavy atom. The van der Waals surface area contributed by atoms with E-state index in [1.54, 1.807) is 14.0 Å². The zero-order valence-electron chi connectivity index (χ0n) is 13.4. The molecule has 0 aliphatic carbocycles. The van der Waals surface area contributed by atoms with E-state index in [0.717, 1.165) is 23.5 Å². The van der Waals surface area contributed by atoms with Crippen molar-refractivity contribution >= 4 is 0 Å². The van der Waals surface area contributed by atoms with Gasteiger partial charge in [-0.15, -0.1) is 0 Å². The van der Waals surface area contributed by atoms with Gasteiger partial charge in [0.15, 0.2) is 11.6 Å². The molecule has 124 valence electrons. The number of aryl methyl sites for hydroxylation is 1. The fourth-order valence-electron chi connectivity index (χ4n) is 2.70. The van der Waals surface area contributed by atoms with Crippen LogP contribution >= 0.6 is 0 Å². The first-order valence-corrected chi connectivity index (χ1v) is 7.62. The van der Waals surface area contributed by atoms with Crippen LogP contribution in [0.25, 0.3) is 0 Å². The molecule has 1 aliphatic rings. The molecule has 8 nitrogen and oxygen atoms in total. The summed E-state index contributed by atoms with van der Waals surface area (Å²) in [5, 5.41) is 7.83. The van der Waals surface area contributed by atoms with E-state index >= 15 is 0 Å². The van der Waals surface area contributed by atoms with Crippen LogP contribution in [0.3, 0.4) is 0 Å². The maximum Gasteiger partial charge on any atom is 0.233 e. The molecule has 0 bridgehead atoms. The van der Waals surface area contributed by atoms with Gasteiger partial charge in [-0.1, -0.05) is 16.4 Å². The molecule has 0 N–H and O–H groups in total. The van der Waals surface area contributed by atoms with Gasteiger partial charge in [0.2, 0.25) is 11.8 Å². The van der Waals surface area contributed by atoms with Crippen LogP contribution in [-0.4, -0.2) is 34.0 Å². The monoisotopic (exact) mass is 328 g/mol. The first kappa shape index (κ1) is 14.7. The third kappa shape index (κ3) is 2.82. The van der Waals surface area contributed by atoms with Crippen molar-refractivity contribution in [2.45, 2.75) is 25.7 Å². The fraction of sp³-hybridized carbons (Fsp3) is 0.375. The van der Waals surface area contributed by atoms with E-state index in [2.05, 4.69) is 20.3 Å². The molecule has 8 heteroatoms. The molecular weight excluding hydrogens is 312 g/mol. The van der Waals surface area contributed by atoms with Gasteiger partial charge in [0.1, 0.15) is 18.1 Å². The average Bonchev–Trinajstić information content (AvgIpc) is 3.23. The number of aromatic nitrogens is 4. The lowest BCUT2D eigenvalue weighted by Gasteiger charge is -2.23. The van der Waals surface area contributed by atoms with Gasteiger partial charge < -0.3 is 18.5 Å². The molecule has 2 aromatic heterocycles. The highest BCUT2D eigenvalue weighted by Crippen LogP contribution is 2.34. The van der Waals surface area contributed by atoms with Crippen molar-refractivity contribution in [3.63, 3.8) is 0 Å². The Kier molecular flexibility index (Phi) is 3.64. The van der Waals surface area contributed by atoms with Crippen molar-refractivity contribution in [3.05, 3.63) is 47.2 Å². The van der Waals surface area contributed by atoms with Gasteiger partial charge in [-0.2, -0.15) is 9.97 Å². The molecule has 0 fully saturated rings. The van der Waals surface area contributed by atoms with E-state index in [1.165, 1.54) is 0 Å². The average molecular weight is 328 g/mol. The standard InChI is InChI=1S/C16H16N4O4/c1-9-17-14(19-23-9)7-15-18-16(24-20-15)11-5-10-3-4-12(21-2)6-13(10)22-8-11/h3-4,6,11H,5,7-8H2,1-2H3. The van der Waals surface area contributed by atoms with Crippen LogP contribution in [0.2, 0.25) is 0 Å². The van der Waals surface area contributed by atoms with Crippen molar-refractivity contribution in [2.75, 3.05) is 13.7 Å². The molecular formula is C16H16N4O4. The lowest BCUT2D eigenvalue weighted by molar-refractivity contribution is 0.229. The maximum atomic E-state index is 5.82. The van der Waals surface area contributed by atoms with E-state index in [-0.39, 0.29) is 5.92 Å². The summed E-state index contributed by atoms with van der Waals surface area (Å²) in [5.74, 6) is 3.80. The third-order valence-electron chi connectivity index (χ3n) is 3.90. The molecule has 0 spiro atoms. The van der Waals surface area contributed by atoms with Gasteiger partial charge in [-0.3, -0.25) is 0 Å². The minimum Gasteiger partial charge on any atom is -0.497 e. The number of rotatable bonds is 4. The predicted octanol–water partition coefficient (Wildman–Crippen LogP) is 2.08. The smallest absolute Gasteiger partial charge is 0.233 e. The summed E-state index contributed by atoms with van der Waals surface area (Å²) in [6, 6.07) is 5.81. The Morgan fingerprint density at radius 1 is 1.17 bits per heavy atom. The Hall–Kier alpha value is -2.90. The van der Waals surface area contributed by atoms with Gasteiger partial charge in [0.25, 0.3) is 0 Å². The van der Waals surface area contributed by atoms with Crippen LogP contribution < -0.4 is 9.47 Å². The van der Waals surface area contributed by atoms with Crippen molar-refractivity contribution in [2.24, 2.45) is 0 Å². The zero-order chi connectivity index (χ0) is 16.5. The number of nitrogens with zero attached hydrogens (tertiary/aromatic N) is 4. The van der Waals surface area contributed by atoms with Crippen molar-refractivity contribution in [3.8, 4) is 11.5 Å². The Labute approximate surface area is 137 Å². The molecule has 0 saturated carbocycles. The van der Waals surface area contributed by atoms with Crippen molar-refractivity contribution in [1.29, 1.82) is 0 Å². The van der Waals surface area contributed by atoms with E-state index in [1.807, 2.05) is 18.2 Å². The Morgan fingerprint density at radius 2 is 2.00 bits per heavy atom. The molecule has 0 saturated heterocycles. The van der Waals surface area contributed by atoms with E-state index < -0.39 is 0 Å². The number of hydrogen-bond acceptors (Lipinski definition) is 8. The molecule has 1 atom stereocenters. The molecule has 24 heavy (non-hydrogen) atoms. The first-order chi connectivity index (χ1) is 11.7. The van der Waals surface area contributed by atoms with Gasteiger partial charge in [0.05, 0.1) is 19.4 Å². The second-order valence-electron chi connectivity index (χ2n) is 5.64.